The number of phenolic OH excluding ortho intramolecular Hbond substituents is 1. The Morgan fingerprint density at radius 2 is 2.02 bits per heavy atom. The number of benzene rings is 2. The molecular weight excluding hydrogens is 552 g/mol. The zero-order chi connectivity index (χ0) is 29.3. The third-order valence-corrected chi connectivity index (χ3v) is 10.2. The maximum atomic E-state index is 14.8. The number of terminal acetylenes is 1. The number of nitrogens with one attached hydrogen (secondary N) is 1. The van der Waals surface area contributed by atoms with Gasteiger partial charge >= 0.3 is 6.01 Å². The number of piperazine rings is 1. The maximum absolute atomic E-state index is 14.8. The average molecular weight is 588 g/mol. The number of halogens is 2. The Kier molecular flexibility index (Phi) is 6.48. The summed E-state index contributed by atoms with van der Waals surface area (Å²) in [5, 5.41) is 15.4. The van der Waals surface area contributed by atoms with Crippen LogP contribution in [0.3, 0.4) is 0 Å². The predicted molar refractivity (Wildman–Crippen MR) is 157 cm³/mol. The van der Waals surface area contributed by atoms with Gasteiger partial charge in [-0.2, -0.15) is 9.97 Å². The Bertz CT molecular complexity index is 1630. The average Bonchev–Trinajstić information content (AvgIpc) is 3.65. The molecule has 1 aromatic heterocycles. The molecule has 4 saturated heterocycles. The number of hydrogen-bond donors (Lipinski definition) is 2. The number of ether oxygens (including phenoxy) is 2. The fourth-order valence-corrected chi connectivity index (χ4v) is 8.23. The molecule has 2 aromatic carbocycles. The third-order valence-electron chi connectivity index (χ3n) is 10.2. The zero-order valence-corrected chi connectivity index (χ0v) is 24.0. The van der Waals surface area contributed by atoms with E-state index in [1.54, 1.807) is 18.2 Å². The van der Waals surface area contributed by atoms with Crippen LogP contribution >= 0.6 is 0 Å². The highest BCUT2D eigenvalue weighted by Gasteiger charge is 2.49. The first-order valence-corrected chi connectivity index (χ1v) is 15.4. The maximum Gasteiger partial charge on any atom is 0.318 e. The molecule has 6 heterocycles. The van der Waals surface area contributed by atoms with Gasteiger partial charge in [0, 0.05) is 55.5 Å². The molecule has 0 aliphatic carbocycles. The van der Waals surface area contributed by atoms with Crippen LogP contribution in [0.25, 0.3) is 10.8 Å². The SMILES string of the molecule is C#Cc1c(F)ccc2cc(O)cc([C@H]3Cc4nc(OC[C@@]56CCCN5C[C@H](F)C6)nc(N5CC6CCC(C5)N6)c4CO3)c12. The first-order valence-electron chi connectivity index (χ1n) is 15.4. The van der Waals surface area contributed by atoms with E-state index < -0.39 is 18.1 Å². The van der Waals surface area contributed by atoms with Crippen molar-refractivity contribution in [1.29, 1.82) is 0 Å². The van der Waals surface area contributed by atoms with Crippen LogP contribution in [0.4, 0.5) is 14.6 Å². The number of phenols is 1. The molecule has 0 radical (unpaired) electrons. The minimum Gasteiger partial charge on any atom is -0.508 e. The van der Waals surface area contributed by atoms with Crippen LogP contribution in [0.5, 0.6) is 11.8 Å². The van der Waals surface area contributed by atoms with Crippen molar-refractivity contribution in [2.45, 2.75) is 75.0 Å². The molecule has 2 bridgehead atoms. The minimum atomic E-state index is -0.840. The quantitative estimate of drug-likeness (QED) is 0.431. The molecule has 43 heavy (non-hydrogen) atoms. The van der Waals surface area contributed by atoms with Gasteiger partial charge in [0.2, 0.25) is 0 Å². The lowest BCUT2D eigenvalue weighted by molar-refractivity contribution is 0.0261. The summed E-state index contributed by atoms with van der Waals surface area (Å²) in [4.78, 5) is 14.4. The standard InChI is InChI=1S/C33H35F2N5O3/c1-2-24-27(35)7-4-19-10-23(41)11-25(30(19)24)29-12-28-26(17-42-29)31(39-15-21-5-6-22(16-39)36-21)38-32(37-28)43-18-33-8-3-9-40(33)14-20(34)13-33/h1,4,7,10-11,20-22,29,36,41H,3,5-6,8-9,12-18H2/t20-,21?,22?,29-,33+/m1/s1. The van der Waals surface area contributed by atoms with Gasteiger partial charge in [-0.1, -0.05) is 12.0 Å². The van der Waals surface area contributed by atoms with Crippen molar-refractivity contribution in [2.24, 2.45) is 0 Å². The summed E-state index contributed by atoms with van der Waals surface area (Å²) in [7, 11) is 0. The summed E-state index contributed by atoms with van der Waals surface area (Å²) in [5.74, 6) is 2.88. The van der Waals surface area contributed by atoms with Gasteiger partial charge in [0.05, 0.1) is 29.5 Å². The van der Waals surface area contributed by atoms with Crippen molar-refractivity contribution in [2.75, 3.05) is 37.7 Å². The summed E-state index contributed by atoms with van der Waals surface area (Å²) >= 11 is 0. The first kappa shape index (κ1) is 27.1. The Hall–Kier alpha value is -3.52. The summed E-state index contributed by atoms with van der Waals surface area (Å²) < 4.78 is 42.0. The fourth-order valence-electron chi connectivity index (χ4n) is 8.23. The van der Waals surface area contributed by atoms with Gasteiger partial charge in [0.15, 0.2) is 0 Å². The van der Waals surface area contributed by atoms with Gasteiger partial charge < -0.3 is 24.8 Å². The number of alkyl halides is 1. The van der Waals surface area contributed by atoms with Crippen molar-refractivity contribution in [1.82, 2.24) is 20.2 Å². The predicted octanol–water partition coefficient (Wildman–Crippen LogP) is 4.17. The van der Waals surface area contributed by atoms with Gasteiger partial charge in [0.25, 0.3) is 0 Å². The van der Waals surface area contributed by atoms with E-state index in [1.807, 2.05) is 0 Å². The largest absolute Gasteiger partial charge is 0.508 e. The molecule has 8 nitrogen and oxygen atoms in total. The molecule has 0 spiro atoms. The topological polar surface area (TPSA) is 83.0 Å². The molecule has 2 N–H and O–H groups in total. The van der Waals surface area contributed by atoms with Crippen LogP contribution < -0.4 is 15.0 Å². The fraction of sp³-hybridized carbons (Fsp3) is 0.515. The summed E-state index contributed by atoms with van der Waals surface area (Å²) in [6.07, 6.45) is 9.45. The Morgan fingerprint density at radius 3 is 2.84 bits per heavy atom. The van der Waals surface area contributed by atoms with Crippen molar-refractivity contribution < 1.29 is 23.4 Å². The van der Waals surface area contributed by atoms with Crippen molar-refractivity contribution in [3.63, 3.8) is 0 Å². The summed E-state index contributed by atoms with van der Waals surface area (Å²) in [5.41, 5.74) is 2.18. The van der Waals surface area contributed by atoms with E-state index >= 15 is 0 Å². The van der Waals surface area contributed by atoms with Crippen molar-refractivity contribution >= 4 is 16.6 Å². The summed E-state index contributed by atoms with van der Waals surface area (Å²) in [6.45, 7) is 3.63. The van der Waals surface area contributed by atoms with Gasteiger partial charge in [-0.05, 0) is 61.4 Å². The van der Waals surface area contributed by atoms with E-state index in [0.29, 0.717) is 60.4 Å². The van der Waals surface area contributed by atoms with E-state index in [9.17, 15) is 13.9 Å². The van der Waals surface area contributed by atoms with E-state index in [-0.39, 0.29) is 23.5 Å². The van der Waals surface area contributed by atoms with Gasteiger partial charge in [-0.25, -0.2) is 8.78 Å². The molecule has 3 aromatic rings. The normalized spacial score (nSPS) is 29.9. The van der Waals surface area contributed by atoms with Crippen LogP contribution in [-0.2, 0) is 17.8 Å². The molecule has 5 atom stereocenters. The van der Waals surface area contributed by atoms with Gasteiger partial charge in [-0.15, -0.1) is 6.42 Å². The molecule has 2 unspecified atom stereocenters. The minimum absolute atomic E-state index is 0.0540. The Morgan fingerprint density at radius 1 is 1.19 bits per heavy atom. The van der Waals surface area contributed by atoms with Gasteiger partial charge in [0.1, 0.15) is 30.2 Å². The molecule has 8 rings (SSSR count). The van der Waals surface area contributed by atoms with E-state index in [0.717, 1.165) is 62.4 Å². The van der Waals surface area contributed by atoms with E-state index in [2.05, 4.69) is 21.0 Å². The number of fused-ring (bicyclic) bond motifs is 5. The third kappa shape index (κ3) is 4.60. The lowest BCUT2D eigenvalue weighted by Crippen LogP contribution is -2.52. The van der Waals surface area contributed by atoms with E-state index in [1.165, 1.54) is 6.07 Å². The molecule has 224 valence electrons. The first-order chi connectivity index (χ1) is 20.9. The molecule has 4 fully saturated rings. The highest BCUT2D eigenvalue weighted by atomic mass is 19.1. The van der Waals surface area contributed by atoms with Crippen LogP contribution in [0.1, 0.15) is 60.6 Å². The smallest absolute Gasteiger partial charge is 0.318 e. The van der Waals surface area contributed by atoms with Crippen molar-refractivity contribution in [3.8, 4) is 24.1 Å². The Labute approximate surface area is 249 Å². The lowest BCUT2D eigenvalue weighted by atomic mass is 9.91. The second-order valence-electron chi connectivity index (χ2n) is 12.9. The van der Waals surface area contributed by atoms with Crippen molar-refractivity contribution in [3.05, 3.63) is 52.5 Å². The zero-order valence-electron chi connectivity index (χ0n) is 24.0. The van der Waals surface area contributed by atoms with Crippen LogP contribution in [-0.4, -0.2) is 76.6 Å². The number of hydrogen-bond acceptors (Lipinski definition) is 8. The number of rotatable bonds is 5. The molecular formula is C33H35F2N5O3. The van der Waals surface area contributed by atoms with Crippen LogP contribution in [0, 0.1) is 18.2 Å². The molecule has 10 heteroatoms. The highest BCUT2D eigenvalue weighted by Crippen LogP contribution is 2.43. The van der Waals surface area contributed by atoms with Crippen LogP contribution in [0.2, 0.25) is 0 Å². The lowest BCUT2D eigenvalue weighted by Gasteiger charge is -2.37. The number of aromatic hydroxyl groups is 1. The highest BCUT2D eigenvalue weighted by molar-refractivity contribution is 5.93. The number of aromatic nitrogens is 2. The second-order valence-corrected chi connectivity index (χ2v) is 12.9. The number of nitrogens with zero attached hydrogens (tertiary/aromatic N) is 4. The molecule has 0 amide bonds. The molecule has 0 saturated carbocycles. The van der Waals surface area contributed by atoms with E-state index in [4.69, 9.17) is 25.9 Å². The monoisotopic (exact) mass is 587 g/mol. The van der Waals surface area contributed by atoms with Gasteiger partial charge in [-0.3, -0.25) is 4.90 Å². The number of anilines is 1. The molecule has 5 aliphatic heterocycles. The molecule has 5 aliphatic rings. The second kappa shape index (κ2) is 10.3. The van der Waals surface area contributed by atoms with Crippen LogP contribution in [0.15, 0.2) is 24.3 Å². The Balaban J connectivity index is 1.17. The summed E-state index contributed by atoms with van der Waals surface area (Å²) in [6, 6.07) is 7.24.